The minimum absolute atomic E-state index is 0.164. The molecule has 7 heteroatoms. The monoisotopic (exact) mass is 269 g/mol. The highest BCUT2D eigenvalue weighted by Crippen LogP contribution is 2.27. The Morgan fingerprint density at radius 2 is 2.33 bits per heavy atom. The summed E-state index contributed by atoms with van der Waals surface area (Å²) in [6, 6.07) is 2.76. The quantitative estimate of drug-likeness (QED) is 0.641. The van der Waals surface area contributed by atoms with Crippen molar-refractivity contribution in [1.82, 2.24) is 4.98 Å². The molecule has 0 bridgehead atoms. The number of esters is 1. The standard InChI is InChI=1S/C11H12ClN3O3/c1-18-9(16)5-3-7-11(17)14-6-2-4-8(12)15-10(6)13-7/h2,4,7H,3,5H2,1H3,(H,13,15)(H,14,17). The zero-order chi connectivity index (χ0) is 13.1. The van der Waals surface area contributed by atoms with Gasteiger partial charge in [-0.15, -0.1) is 0 Å². The zero-order valence-electron chi connectivity index (χ0n) is 9.70. The van der Waals surface area contributed by atoms with Crippen molar-refractivity contribution in [2.24, 2.45) is 0 Å². The first-order valence-electron chi connectivity index (χ1n) is 5.41. The maximum Gasteiger partial charge on any atom is 0.305 e. The molecule has 0 fully saturated rings. The Morgan fingerprint density at radius 1 is 1.56 bits per heavy atom. The van der Waals surface area contributed by atoms with Crippen molar-refractivity contribution in [3.63, 3.8) is 0 Å². The van der Waals surface area contributed by atoms with Crippen molar-refractivity contribution in [3.05, 3.63) is 17.3 Å². The van der Waals surface area contributed by atoms with E-state index in [2.05, 4.69) is 20.4 Å². The highest BCUT2D eigenvalue weighted by atomic mass is 35.5. The van der Waals surface area contributed by atoms with Crippen LogP contribution in [0, 0.1) is 0 Å². The van der Waals surface area contributed by atoms with Crippen molar-refractivity contribution in [2.75, 3.05) is 17.7 Å². The third-order valence-corrected chi connectivity index (χ3v) is 2.82. The molecule has 0 saturated carbocycles. The molecule has 6 nitrogen and oxygen atoms in total. The molecule has 1 aromatic rings. The summed E-state index contributed by atoms with van der Waals surface area (Å²) in [6.07, 6.45) is 0.504. The average Bonchev–Trinajstić information content (AvgIpc) is 2.36. The van der Waals surface area contributed by atoms with Gasteiger partial charge in [0.15, 0.2) is 5.82 Å². The van der Waals surface area contributed by atoms with Crippen LogP contribution < -0.4 is 10.6 Å². The Bertz CT molecular complexity index is 492. The van der Waals surface area contributed by atoms with Gasteiger partial charge in [-0.3, -0.25) is 9.59 Å². The molecule has 0 aromatic carbocycles. The van der Waals surface area contributed by atoms with E-state index < -0.39 is 6.04 Å². The molecular weight excluding hydrogens is 258 g/mol. The Kier molecular flexibility index (Phi) is 3.66. The zero-order valence-corrected chi connectivity index (χ0v) is 10.5. The molecule has 18 heavy (non-hydrogen) atoms. The van der Waals surface area contributed by atoms with E-state index in [0.717, 1.165) is 0 Å². The smallest absolute Gasteiger partial charge is 0.305 e. The van der Waals surface area contributed by atoms with Crippen molar-refractivity contribution in [1.29, 1.82) is 0 Å². The maximum atomic E-state index is 11.8. The minimum atomic E-state index is -0.512. The normalized spacial score (nSPS) is 17.4. The second-order valence-corrected chi connectivity index (χ2v) is 4.22. The van der Waals surface area contributed by atoms with Crippen LogP contribution in [-0.2, 0) is 14.3 Å². The Balaban J connectivity index is 2.07. The highest BCUT2D eigenvalue weighted by Gasteiger charge is 2.26. The summed E-state index contributed by atoms with van der Waals surface area (Å²) in [5.41, 5.74) is 0.582. The fourth-order valence-electron chi connectivity index (χ4n) is 1.66. The number of anilines is 2. The van der Waals surface area contributed by atoms with Crippen molar-refractivity contribution in [3.8, 4) is 0 Å². The Morgan fingerprint density at radius 3 is 3.06 bits per heavy atom. The SMILES string of the molecule is COC(=O)CCC1Nc2nc(Cl)ccc2NC1=O. The molecule has 2 N–H and O–H groups in total. The summed E-state index contributed by atoms with van der Waals surface area (Å²) in [6.45, 7) is 0. The van der Waals surface area contributed by atoms with E-state index in [0.29, 0.717) is 23.1 Å². The fourth-order valence-corrected chi connectivity index (χ4v) is 1.81. The molecule has 0 spiro atoms. The summed E-state index contributed by atoms with van der Waals surface area (Å²) in [5, 5.41) is 5.99. The van der Waals surface area contributed by atoms with Gasteiger partial charge in [0.2, 0.25) is 5.91 Å². The van der Waals surface area contributed by atoms with Crippen LogP contribution in [0.15, 0.2) is 12.1 Å². The molecule has 0 saturated heterocycles. The predicted molar refractivity (Wildman–Crippen MR) is 66.5 cm³/mol. The summed E-state index contributed by atoms with van der Waals surface area (Å²) in [7, 11) is 1.31. The van der Waals surface area contributed by atoms with E-state index in [9.17, 15) is 9.59 Å². The van der Waals surface area contributed by atoms with Gasteiger partial charge in [0.25, 0.3) is 0 Å². The molecule has 96 valence electrons. The van der Waals surface area contributed by atoms with Gasteiger partial charge in [0.1, 0.15) is 11.2 Å². The lowest BCUT2D eigenvalue weighted by molar-refractivity contribution is -0.140. The van der Waals surface area contributed by atoms with Crippen molar-refractivity contribution >= 4 is 35.0 Å². The van der Waals surface area contributed by atoms with E-state index in [1.165, 1.54) is 7.11 Å². The number of hydrogen-bond acceptors (Lipinski definition) is 5. The predicted octanol–water partition coefficient (Wildman–Crippen LogP) is 1.42. The molecule has 0 aliphatic carbocycles. The Hall–Kier alpha value is -1.82. The van der Waals surface area contributed by atoms with Crippen LogP contribution in [0.3, 0.4) is 0 Å². The summed E-state index contributed by atoms with van der Waals surface area (Å²) in [5.74, 6) is -0.0399. The van der Waals surface area contributed by atoms with E-state index in [-0.39, 0.29) is 18.3 Å². The van der Waals surface area contributed by atoms with Gasteiger partial charge in [-0.05, 0) is 18.6 Å². The van der Waals surface area contributed by atoms with Gasteiger partial charge in [-0.1, -0.05) is 11.6 Å². The lowest BCUT2D eigenvalue weighted by atomic mass is 10.1. The molecular formula is C11H12ClN3O3. The van der Waals surface area contributed by atoms with Gasteiger partial charge in [-0.25, -0.2) is 4.98 Å². The van der Waals surface area contributed by atoms with Crippen LogP contribution >= 0.6 is 11.6 Å². The fraction of sp³-hybridized carbons (Fsp3) is 0.364. The van der Waals surface area contributed by atoms with Crippen LogP contribution in [-0.4, -0.2) is 30.0 Å². The molecule has 1 aliphatic rings. The minimum Gasteiger partial charge on any atom is -0.469 e. The van der Waals surface area contributed by atoms with E-state index in [1.54, 1.807) is 12.1 Å². The maximum absolute atomic E-state index is 11.8. The van der Waals surface area contributed by atoms with Crippen LogP contribution in [0.4, 0.5) is 11.5 Å². The topological polar surface area (TPSA) is 80.3 Å². The van der Waals surface area contributed by atoms with Crippen LogP contribution in [0.25, 0.3) is 0 Å². The summed E-state index contributed by atoms with van der Waals surface area (Å²) < 4.78 is 4.53. The number of hydrogen-bond donors (Lipinski definition) is 2. The number of methoxy groups -OCH3 is 1. The van der Waals surface area contributed by atoms with E-state index in [1.807, 2.05) is 0 Å². The van der Waals surface area contributed by atoms with Gasteiger partial charge in [0, 0.05) is 6.42 Å². The first-order valence-corrected chi connectivity index (χ1v) is 5.78. The molecule has 1 unspecified atom stereocenters. The first-order chi connectivity index (χ1) is 8.60. The summed E-state index contributed by atoms with van der Waals surface area (Å²) in [4.78, 5) is 26.9. The van der Waals surface area contributed by atoms with Crippen LogP contribution in [0.1, 0.15) is 12.8 Å². The van der Waals surface area contributed by atoms with Crippen LogP contribution in [0.5, 0.6) is 0 Å². The third kappa shape index (κ3) is 2.70. The number of carbonyl (C=O) groups is 2. The van der Waals surface area contributed by atoms with Gasteiger partial charge >= 0.3 is 5.97 Å². The van der Waals surface area contributed by atoms with Crippen molar-refractivity contribution < 1.29 is 14.3 Å². The number of pyridine rings is 1. The number of aromatic nitrogens is 1. The number of ether oxygens (including phenoxy) is 1. The first kappa shape index (κ1) is 12.6. The third-order valence-electron chi connectivity index (χ3n) is 2.61. The van der Waals surface area contributed by atoms with Crippen LogP contribution in [0.2, 0.25) is 5.15 Å². The number of carbonyl (C=O) groups excluding carboxylic acids is 2. The van der Waals surface area contributed by atoms with E-state index in [4.69, 9.17) is 11.6 Å². The number of nitrogens with one attached hydrogen (secondary N) is 2. The van der Waals surface area contributed by atoms with Gasteiger partial charge < -0.3 is 15.4 Å². The second-order valence-electron chi connectivity index (χ2n) is 3.83. The number of amides is 1. The number of halogens is 1. The average molecular weight is 270 g/mol. The van der Waals surface area contributed by atoms with Crippen molar-refractivity contribution in [2.45, 2.75) is 18.9 Å². The number of rotatable bonds is 3. The molecule has 1 aliphatic heterocycles. The molecule has 1 amide bonds. The lowest BCUT2D eigenvalue weighted by Gasteiger charge is -2.25. The van der Waals surface area contributed by atoms with Gasteiger partial charge in [0.05, 0.1) is 12.8 Å². The number of nitrogens with zero attached hydrogens (tertiary/aromatic N) is 1. The largest absolute Gasteiger partial charge is 0.469 e. The highest BCUT2D eigenvalue weighted by molar-refractivity contribution is 6.29. The summed E-state index contributed by atoms with van der Waals surface area (Å²) >= 11 is 5.77. The Labute approximate surface area is 109 Å². The number of fused-ring (bicyclic) bond motifs is 1. The molecule has 1 atom stereocenters. The molecule has 1 aromatic heterocycles. The molecule has 0 radical (unpaired) electrons. The van der Waals surface area contributed by atoms with Gasteiger partial charge in [-0.2, -0.15) is 0 Å². The van der Waals surface area contributed by atoms with E-state index >= 15 is 0 Å². The molecule has 2 heterocycles. The second kappa shape index (κ2) is 5.22. The lowest BCUT2D eigenvalue weighted by Crippen LogP contribution is -2.39. The molecule has 2 rings (SSSR count).